The lowest BCUT2D eigenvalue weighted by Gasteiger charge is -2.17. The van der Waals surface area contributed by atoms with Crippen molar-refractivity contribution in [1.82, 2.24) is 4.90 Å². The Balaban J connectivity index is 2.70. The van der Waals surface area contributed by atoms with Crippen LogP contribution in [0.3, 0.4) is 0 Å². The highest BCUT2D eigenvalue weighted by molar-refractivity contribution is 5.80. The van der Waals surface area contributed by atoms with Gasteiger partial charge in [0.15, 0.2) is 0 Å². The standard InChI is InChI=1S/C14H19NO4/c1-10-4-5-12(19-3)11(8-10)9-13(16)15(2)7-6-14(17)18/h4-5,8H,6-7,9H2,1-3H3,(H,17,18). The largest absolute Gasteiger partial charge is 0.496 e. The maximum atomic E-state index is 12.0. The average molecular weight is 265 g/mol. The topological polar surface area (TPSA) is 66.8 Å². The lowest BCUT2D eigenvalue weighted by atomic mass is 10.1. The molecule has 5 nitrogen and oxygen atoms in total. The van der Waals surface area contributed by atoms with E-state index in [1.54, 1.807) is 14.2 Å². The summed E-state index contributed by atoms with van der Waals surface area (Å²) in [6.07, 6.45) is 0.161. The molecule has 0 fully saturated rings. The van der Waals surface area contributed by atoms with Crippen molar-refractivity contribution in [3.63, 3.8) is 0 Å². The molecule has 104 valence electrons. The van der Waals surface area contributed by atoms with Gasteiger partial charge in [-0.2, -0.15) is 0 Å². The number of nitrogens with zero attached hydrogens (tertiary/aromatic N) is 1. The summed E-state index contributed by atoms with van der Waals surface area (Å²) in [6, 6.07) is 5.65. The molecule has 1 amide bonds. The summed E-state index contributed by atoms with van der Waals surface area (Å²) in [5.74, 6) is -0.358. The second kappa shape index (κ2) is 6.78. The molecule has 0 unspecified atom stereocenters. The molecule has 0 radical (unpaired) electrons. The summed E-state index contributed by atoms with van der Waals surface area (Å²) in [5, 5.41) is 8.59. The first-order valence-corrected chi connectivity index (χ1v) is 6.03. The van der Waals surface area contributed by atoms with Crippen LogP contribution in [0.2, 0.25) is 0 Å². The van der Waals surface area contributed by atoms with Gasteiger partial charge in [0.25, 0.3) is 0 Å². The summed E-state index contributed by atoms with van der Waals surface area (Å²) in [6.45, 7) is 2.16. The van der Waals surface area contributed by atoms with E-state index in [1.807, 2.05) is 25.1 Å². The molecule has 0 spiro atoms. The van der Waals surface area contributed by atoms with Crippen LogP contribution in [-0.2, 0) is 16.0 Å². The van der Waals surface area contributed by atoms with Gasteiger partial charge in [0.2, 0.25) is 5.91 Å². The van der Waals surface area contributed by atoms with E-state index in [2.05, 4.69) is 0 Å². The summed E-state index contributed by atoms with van der Waals surface area (Å²) in [7, 11) is 3.17. The molecule has 1 rings (SSSR count). The zero-order valence-corrected chi connectivity index (χ0v) is 11.5. The maximum Gasteiger partial charge on any atom is 0.305 e. The van der Waals surface area contributed by atoms with Gasteiger partial charge in [-0.15, -0.1) is 0 Å². The molecule has 0 aliphatic carbocycles. The number of likely N-dealkylation sites (N-methyl/N-ethyl adjacent to an activating group) is 1. The maximum absolute atomic E-state index is 12.0. The third-order valence-corrected chi connectivity index (χ3v) is 2.86. The SMILES string of the molecule is COc1ccc(C)cc1CC(=O)N(C)CCC(=O)O. The van der Waals surface area contributed by atoms with Crippen molar-refractivity contribution in [2.24, 2.45) is 0 Å². The second-order valence-corrected chi connectivity index (χ2v) is 4.45. The van der Waals surface area contributed by atoms with Gasteiger partial charge in [0, 0.05) is 19.2 Å². The minimum atomic E-state index is -0.909. The molecule has 0 aliphatic rings. The highest BCUT2D eigenvalue weighted by Crippen LogP contribution is 2.20. The minimum absolute atomic E-state index is 0.0484. The number of benzene rings is 1. The fourth-order valence-corrected chi connectivity index (χ4v) is 1.73. The molecule has 1 aromatic rings. The number of aryl methyl sites for hydroxylation is 1. The zero-order valence-electron chi connectivity index (χ0n) is 11.5. The number of carbonyl (C=O) groups excluding carboxylic acids is 1. The first kappa shape index (κ1) is 15.0. The number of rotatable bonds is 6. The van der Waals surface area contributed by atoms with Crippen molar-refractivity contribution < 1.29 is 19.4 Å². The molecule has 0 heterocycles. The van der Waals surface area contributed by atoms with Gasteiger partial charge in [-0.3, -0.25) is 9.59 Å². The van der Waals surface area contributed by atoms with Gasteiger partial charge in [-0.25, -0.2) is 0 Å². The molecule has 0 aromatic heterocycles. The van der Waals surface area contributed by atoms with Crippen LogP contribution in [0.5, 0.6) is 5.75 Å². The molecule has 0 bridgehead atoms. The van der Waals surface area contributed by atoms with E-state index in [-0.39, 0.29) is 25.3 Å². The molecule has 19 heavy (non-hydrogen) atoms. The Morgan fingerprint density at radius 3 is 2.63 bits per heavy atom. The van der Waals surface area contributed by atoms with E-state index >= 15 is 0 Å². The van der Waals surface area contributed by atoms with Gasteiger partial charge in [-0.1, -0.05) is 17.7 Å². The van der Waals surface area contributed by atoms with E-state index < -0.39 is 5.97 Å². The van der Waals surface area contributed by atoms with Gasteiger partial charge >= 0.3 is 5.97 Å². The van der Waals surface area contributed by atoms with Crippen molar-refractivity contribution in [1.29, 1.82) is 0 Å². The highest BCUT2D eigenvalue weighted by Gasteiger charge is 2.13. The lowest BCUT2D eigenvalue weighted by Crippen LogP contribution is -2.30. The molecular weight excluding hydrogens is 246 g/mol. The number of aliphatic carboxylic acids is 1. The minimum Gasteiger partial charge on any atom is -0.496 e. The van der Waals surface area contributed by atoms with Crippen LogP contribution in [0.15, 0.2) is 18.2 Å². The van der Waals surface area contributed by atoms with Crippen molar-refractivity contribution in [2.75, 3.05) is 20.7 Å². The predicted molar refractivity (Wildman–Crippen MR) is 71.3 cm³/mol. The van der Waals surface area contributed by atoms with E-state index in [9.17, 15) is 9.59 Å². The van der Waals surface area contributed by atoms with Crippen LogP contribution >= 0.6 is 0 Å². The van der Waals surface area contributed by atoms with Gasteiger partial charge < -0.3 is 14.7 Å². The Morgan fingerprint density at radius 2 is 2.05 bits per heavy atom. The van der Waals surface area contributed by atoms with Crippen LogP contribution in [0.4, 0.5) is 0 Å². The number of hydrogen-bond acceptors (Lipinski definition) is 3. The Labute approximate surface area is 112 Å². The first-order valence-electron chi connectivity index (χ1n) is 6.03. The Hall–Kier alpha value is -2.04. The van der Waals surface area contributed by atoms with Crippen molar-refractivity contribution in [3.05, 3.63) is 29.3 Å². The van der Waals surface area contributed by atoms with Crippen molar-refractivity contribution in [2.45, 2.75) is 19.8 Å². The van der Waals surface area contributed by atoms with Crippen LogP contribution in [0.25, 0.3) is 0 Å². The number of hydrogen-bond donors (Lipinski definition) is 1. The molecule has 0 saturated carbocycles. The normalized spacial score (nSPS) is 10.1. The highest BCUT2D eigenvalue weighted by atomic mass is 16.5. The number of carboxylic acids is 1. The van der Waals surface area contributed by atoms with Gasteiger partial charge in [0.1, 0.15) is 5.75 Å². The number of carboxylic acid groups (broad SMARTS) is 1. The molecule has 0 saturated heterocycles. The van der Waals surface area contributed by atoms with Gasteiger partial charge in [-0.05, 0) is 13.0 Å². The molecule has 1 aromatic carbocycles. The Bertz CT molecular complexity index is 471. The van der Waals surface area contributed by atoms with E-state index in [4.69, 9.17) is 9.84 Å². The van der Waals surface area contributed by atoms with E-state index in [0.29, 0.717) is 5.75 Å². The van der Waals surface area contributed by atoms with Crippen molar-refractivity contribution in [3.8, 4) is 5.75 Å². The third-order valence-electron chi connectivity index (χ3n) is 2.86. The number of methoxy groups -OCH3 is 1. The number of carbonyl (C=O) groups is 2. The Kier molecular flexibility index (Phi) is 5.36. The quantitative estimate of drug-likeness (QED) is 0.846. The van der Waals surface area contributed by atoms with E-state index in [0.717, 1.165) is 11.1 Å². The fourth-order valence-electron chi connectivity index (χ4n) is 1.73. The molecule has 0 atom stereocenters. The van der Waals surface area contributed by atoms with Crippen LogP contribution < -0.4 is 4.74 Å². The fraction of sp³-hybridized carbons (Fsp3) is 0.429. The van der Waals surface area contributed by atoms with E-state index in [1.165, 1.54) is 4.90 Å². The van der Waals surface area contributed by atoms with Crippen LogP contribution in [-0.4, -0.2) is 42.6 Å². The van der Waals surface area contributed by atoms with Crippen LogP contribution in [0.1, 0.15) is 17.5 Å². The van der Waals surface area contributed by atoms with Crippen LogP contribution in [0, 0.1) is 6.92 Å². The zero-order chi connectivity index (χ0) is 14.4. The monoisotopic (exact) mass is 265 g/mol. The molecule has 1 N–H and O–H groups in total. The number of amides is 1. The summed E-state index contributed by atoms with van der Waals surface area (Å²) in [5.41, 5.74) is 1.87. The summed E-state index contributed by atoms with van der Waals surface area (Å²) < 4.78 is 5.21. The molecule has 5 heteroatoms. The van der Waals surface area contributed by atoms with Crippen molar-refractivity contribution >= 4 is 11.9 Å². The Morgan fingerprint density at radius 1 is 1.37 bits per heavy atom. The number of ether oxygens (including phenoxy) is 1. The third kappa shape index (κ3) is 4.62. The summed E-state index contributed by atoms with van der Waals surface area (Å²) in [4.78, 5) is 23.9. The average Bonchev–Trinajstić information content (AvgIpc) is 2.36. The molecular formula is C14H19NO4. The first-order chi connectivity index (χ1) is 8.93. The summed E-state index contributed by atoms with van der Waals surface area (Å²) >= 11 is 0. The predicted octanol–water partition coefficient (Wildman–Crippen LogP) is 1.48. The van der Waals surface area contributed by atoms with Gasteiger partial charge in [0.05, 0.1) is 20.0 Å². The molecule has 0 aliphatic heterocycles. The lowest BCUT2D eigenvalue weighted by molar-refractivity contribution is -0.138. The smallest absolute Gasteiger partial charge is 0.305 e. The second-order valence-electron chi connectivity index (χ2n) is 4.45.